The van der Waals surface area contributed by atoms with Gasteiger partial charge in [0.15, 0.2) is 0 Å². The van der Waals surface area contributed by atoms with Crippen molar-refractivity contribution in [1.82, 2.24) is 9.55 Å². The molecular formula is C17H18N4S. The number of anilines is 1. The summed E-state index contributed by atoms with van der Waals surface area (Å²) in [5.41, 5.74) is 7.86. The SMILES string of the molecule is Cc1cc(C=NNc2nc3ccccc3s2)c(C)n1C1CC1. The van der Waals surface area contributed by atoms with E-state index in [9.17, 15) is 0 Å². The van der Waals surface area contributed by atoms with Gasteiger partial charge in [-0.15, -0.1) is 0 Å². The second-order valence-corrected chi connectivity index (χ2v) is 6.82. The summed E-state index contributed by atoms with van der Waals surface area (Å²) in [6.07, 6.45) is 4.50. The van der Waals surface area contributed by atoms with Crippen molar-refractivity contribution in [1.29, 1.82) is 0 Å². The predicted octanol–water partition coefficient (Wildman–Crippen LogP) is 4.50. The molecule has 2 aromatic heterocycles. The number of rotatable bonds is 4. The van der Waals surface area contributed by atoms with Gasteiger partial charge >= 0.3 is 0 Å². The number of aryl methyl sites for hydroxylation is 1. The van der Waals surface area contributed by atoms with Crippen molar-refractivity contribution >= 4 is 32.9 Å². The Morgan fingerprint density at radius 2 is 2.14 bits per heavy atom. The number of nitrogens with one attached hydrogen (secondary N) is 1. The first-order valence-electron chi connectivity index (χ1n) is 7.55. The molecule has 1 saturated carbocycles. The molecule has 0 radical (unpaired) electrons. The van der Waals surface area contributed by atoms with E-state index in [1.54, 1.807) is 11.3 Å². The lowest BCUT2D eigenvalue weighted by Crippen LogP contribution is -1.99. The highest BCUT2D eigenvalue weighted by Crippen LogP contribution is 2.38. The summed E-state index contributed by atoms with van der Waals surface area (Å²) >= 11 is 1.62. The highest BCUT2D eigenvalue weighted by molar-refractivity contribution is 7.22. The van der Waals surface area contributed by atoms with Gasteiger partial charge in [0.2, 0.25) is 5.13 Å². The number of thiazole rings is 1. The fourth-order valence-corrected chi connectivity index (χ4v) is 3.72. The first kappa shape index (κ1) is 13.5. The van der Waals surface area contributed by atoms with Crippen molar-refractivity contribution in [2.45, 2.75) is 32.7 Å². The molecule has 2 heterocycles. The maximum atomic E-state index is 4.52. The van der Waals surface area contributed by atoms with E-state index in [1.807, 2.05) is 24.4 Å². The van der Waals surface area contributed by atoms with Crippen molar-refractivity contribution in [3.8, 4) is 0 Å². The van der Waals surface area contributed by atoms with Gasteiger partial charge in [0.25, 0.3) is 0 Å². The van der Waals surface area contributed by atoms with Crippen molar-refractivity contribution in [2.24, 2.45) is 5.10 Å². The standard InChI is InChI=1S/C17H18N4S/c1-11-9-13(12(2)21(11)14-7-8-14)10-18-20-17-19-15-5-3-4-6-16(15)22-17/h3-6,9-10,14H,7-8H2,1-2H3,(H,19,20). The molecule has 1 fully saturated rings. The molecule has 5 heteroatoms. The van der Waals surface area contributed by atoms with E-state index < -0.39 is 0 Å². The number of hydrogen-bond donors (Lipinski definition) is 1. The molecule has 0 saturated heterocycles. The summed E-state index contributed by atoms with van der Waals surface area (Å²) in [5, 5.41) is 5.19. The zero-order chi connectivity index (χ0) is 15.1. The van der Waals surface area contributed by atoms with Crippen LogP contribution >= 0.6 is 11.3 Å². The normalized spacial score (nSPS) is 15.0. The average molecular weight is 310 g/mol. The minimum Gasteiger partial charge on any atom is -0.345 e. The fourth-order valence-electron chi connectivity index (χ4n) is 2.90. The molecule has 0 aliphatic heterocycles. The number of benzene rings is 1. The van der Waals surface area contributed by atoms with Gasteiger partial charge in [-0.2, -0.15) is 5.10 Å². The lowest BCUT2D eigenvalue weighted by atomic mass is 10.3. The van der Waals surface area contributed by atoms with Crippen molar-refractivity contribution in [3.05, 3.63) is 47.3 Å². The van der Waals surface area contributed by atoms with Crippen LogP contribution in [0.1, 0.15) is 35.8 Å². The van der Waals surface area contributed by atoms with Gasteiger partial charge in [0.05, 0.1) is 16.4 Å². The van der Waals surface area contributed by atoms with Gasteiger partial charge in [-0.1, -0.05) is 23.5 Å². The molecule has 112 valence electrons. The molecule has 1 N–H and O–H groups in total. The van der Waals surface area contributed by atoms with E-state index in [-0.39, 0.29) is 0 Å². The Hall–Kier alpha value is -2.14. The minimum absolute atomic E-state index is 0.708. The number of hydrogen-bond acceptors (Lipinski definition) is 4. The predicted molar refractivity (Wildman–Crippen MR) is 93.0 cm³/mol. The molecule has 0 unspecified atom stereocenters. The summed E-state index contributed by atoms with van der Waals surface area (Å²) in [5.74, 6) is 0. The molecule has 1 aromatic carbocycles. The van der Waals surface area contributed by atoms with Gasteiger partial charge in [-0.05, 0) is 44.9 Å². The molecule has 0 bridgehead atoms. The molecule has 0 spiro atoms. The Labute approximate surface area is 133 Å². The van der Waals surface area contributed by atoms with Crippen LogP contribution in [0, 0.1) is 13.8 Å². The fraction of sp³-hybridized carbons (Fsp3) is 0.294. The molecule has 3 aromatic rings. The quantitative estimate of drug-likeness (QED) is 0.569. The van der Waals surface area contributed by atoms with Gasteiger partial charge in [0.1, 0.15) is 0 Å². The van der Waals surface area contributed by atoms with Gasteiger partial charge in [-0.3, -0.25) is 5.43 Å². The molecule has 1 aliphatic carbocycles. The van der Waals surface area contributed by atoms with E-state index in [1.165, 1.54) is 34.5 Å². The van der Waals surface area contributed by atoms with E-state index in [4.69, 9.17) is 0 Å². The minimum atomic E-state index is 0.708. The van der Waals surface area contributed by atoms with Crippen molar-refractivity contribution in [3.63, 3.8) is 0 Å². The Balaban J connectivity index is 1.53. The Morgan fingerprint density at radius 3 is 2.91 bits per heavy atom. The van der Waals surface area contributed by atoms with Crippen LogP contribution in [0.5, 0.6) is 0 Å². The lowest BCUT2D eigenvalue weighted by molar-refractivity contribution is 0.699. The van der Waals surface area contributed by atoms with Crippen LogP contribution in [0.25, 0.3) is 10.2 Å². The van der Waals surface area contributed by atoms with Crippen LogP contribution in [-0.4, -0.2) is 15.8 Å². The smallest absolute Gasteiger partial charge is 0.204 e. The van der Waals surface area contributed by atoms with Crippen molar-refractivity contribution in [2.75, 3.05) is 5.43 Å². The van der Waals surface area contributed by atoms with Crippen LogP contribution in [0.15, 0.2) is 35.4 Å². The largest absolute Gasteiger partial charge is 0.345 e. The van der Waals surface area contributed by atoms with Crippen molar-refractivity contribution < 1.29 is 0 Å². The lowest BCUT2D eigenvalue weighted by Gasteiger charge is -2.06. The number of aromatic nitrogens is 2. The van der Waals surface area contributed by atoms with Crippen LogP contribution < -0.4 is 5.43 Å². The van der Waals surface area contributed by atoms with Crippen LogP contribution in [0.4, 0.5) is 5.13 Å². The average Bonchev–Trinajstić information content (AvgIpc) is 3.18. The molecule has 22 heavy (non-hydrogen) atoms. The number of para-hydroxylation sites is 1. The monoisotopic (exact) mass is 310 g/mol. The number of hydrazone groups is 1. The summed E-state index contributed by atoms with van der Waals surface area (Å²) in [6, 6.07) is 11.0. The molecule has 1 aliphatic rings. The number of nitrogens with zero attached hydrogens (tertiary/aromatic N) is 3. The third-order valence-corrected chi connectivity index (χ3v) is 5.03. The first-order valence-corrected chi connectivity index (χ1v) is 8.37. The Bertz CT molecular complexity index is 822. The first-order chi connectivity index (χ1) is 10.7. The zero-order valence-electron chi connectivity index (χ0n) is 12.7. The third-order valence-electron chi connectivity index (χ3n) is 4.09. The van der Waals surface area contributed by atoms with E-state index >= 15 is 0 Å². The van der Waals surface area contributed by atoms with Crippen LogP contribution in [-0.2, 0) is 0 Å². The zero-order valence-corrected chi connectivity index (χ0v) is 13.5. The maximum Gasteiger partial charge on any atom is 0.204 e. The maximum absolute atomic E-state index is 4.52. The Kier molecular flexibility index (Phi) is 3.22. The second kappa shape index (κ2) is 5.25. The summed E-state index contributed by atoms with van der Waals surface area (Å²) in [7, 11) is 0. The molecular weight excluding hydrogens is 292 g/mol. The Morgan fingerprint density at radius 1 is 1.32 bits per heavy atom. The number of fused-ring (bicyclic) bond motifs is 1. The van der Waals surface area contributed by atoms with Gasteiger partial charge in [0, 0.05) is 23.0 Å². The second-order valence-electron chi connectivity index (χ2n) is 5.78. The summed E-state index contributed by atoms with van der Waals surface area (Å²) in [6.45, 7) is 4.34. The third kappa shape index (κ3) is 2.41. The molecule has 0 amide bonds. The summed E-state index contributed by atoms with van der Waals surface area (Å²) in [4.78, 5) is 4.52. The highest BCUT2D eigenvalue weighted by Gasteiger charge is 2.26. The molecule has 0 atom stereocenters. The molecule has 4 rings (SSSR count). The van der Waals surface area contributed by atoms with Crippen LogP contribution in [0.3, 0.4) is 0 Å². The topological polar surface area (TPSA) is 42.2 Å². The molecule has 4 nitrogen and oxygen atoms in total. The highest BCUT2D eigenvalue weighted by atomic mass is 32.1. The summed E-state index contributed by atoms with van der Waals surface area (Å²) < 4.78 is 3.60. The van der Waals surface area contributed by atoms with Gasteiger partial charge < -0.3 is 4.57 Å². The van der Waals surface area contributed by atoms with E-state index in [2.05, 4.69) is 46.1 Å². The van der Waals surface area contributed by atoms with Gasteiger partial charge in [-0.25, -0.2) is 4.98 Å². The van der Waals surface area contributed by atoms with E-state index in [0.717, 1.165) is 10.6 Å². The van der Waals surface area contributed by atoms with E-state index in [0.29, 0.717) is 6.04 Å². The van der Waals surface area contributed by atoms with Crippen LogP contribution in [0.2, 0.25) is 0 Å².